The number of hydrogen-bond acceptors (Lipinski definition) is 5. The maximum absolute atomic E-state index is 12.4. The highest BCUT2D eigenvalue weighted by Crippen LogP contribution is 2.40. The molecule has 1 heterocycles. The molecule has 0 aliphatic carbocycles. The van der Waals surface area contributed by atoms with E-state index in [0.29, 0.717) is 22.9 Å². The van der Waals surface area contributed by atoms with E-state index in [1.54, 1.807) is 33.5 Å². The molecular weight excluding hydrogens is 272 g/mol. The van der Waals surface area contributed by atoms with Crippen LogP contribution in [-0.4, -0.2) is 39.3 Å². The summed E-state index contributed by atoms with van der Waals surface area (Å²) in [5.74, 6) is 1.46. The quantitative estimate of drug-likeness (QED) is 0.866. The smallest absolute Gasteiger partial charge is 0.244 e. The van der Waals surface area contributed by atoms with Crippen LogP contribution >= 0.6 is 0 Å². The van der Waals surface area contributed by atoms with Crippen molar-refractivity contribution in [3.63, 3.8) is 0 Å². The van der Waals surface area contributed by atoms with Crippen molar-refractivity contribution in [1.82, 2.24) is 5.32 Å². The molecule has 6 nitrogen and oxygen atoms in total. The number of benzene rings is 1. The van der Waals surface area contributed by atoms with Crippen LogP contribution in [0.5, 0.6) is 17.2 Å². The topological polar surface area (TPSA) is 68.8 Å². The summed E-state index contributed by atoms with van der Waals surface area (Å²) in [6.45, 7) is 2.77. The van der Waals surface area contributed by atoms with Crippen molar-refractivity contribution in [2.75, 3.05) is 33.2 Å². The van der Waals surface area contributed by atoms with Gasteiger partial charge in [-0.2, -0.15) is 0 Å². The third kappa shape index (κ3) is 3.05. The van der Waals surface area contributed by atoms with Crippen LogP contribution in [0, 0.1) is 0 Å². The predicted molar refractivity (Wildman–Crippen MR) is 80.4 cm³/mol. The second kappa shape index (κ2) is 6.22. The predicted octanol–water partition coefficient (Wildman–Crippen LogP) is 1.79. The van der Waals surface area contributed by atoms with E-state index in [-0.39, 0.29) is 5.91 Å². The van der Waals surface area contributed by atoms with Gasteiger partial charge in [0.1, 0.15) is 0 Å². The molecule has 1 atom stereocenters. The molecule has 0 radical (unpaired) electrons. The van der Waals surface area contributed by atoms with Crippen LogP contribution in [0.3, 0.4) is 0 Å². The van der Waals surface area contributed by atoms with Gasteiger partial charge in [-0.25, -0.2) is 0 Å². The third-order valence-electron chi connectivity index (χ3n) is 3.79. The van der Waals surface area contributed by atoms with Gasteiger partial charge in [0.2, 0.25) is 11.7 Å². The number of rotatable bonds is 5. The maximum atomic E-state index is 12.4. The molecule has 1 amide bonds. The monoisotopic (exact) mass is 294 g/mol. The number of ether oxygens (including phenoxy) is 3. The summed E-state index contributed by atoms with van der Waals surface area (Å²) in [5, 5.41) is 6.14. The van der Waals surface area contributed by atoms with Crippen LogP contribution in [0.1, 0.15) is 19.8 Å². The Balaban J connectivity index is 2.26. The zero-order chi connectivity index (χ0) is 15.5. The lowest BCUT2D eigenvalue weighted by atomic mass is 9.99. The third-order valence-corrected chi connectivity index (χ3v) is 3.79. The Labute approximate surface area is 124 Å². The second-order valence-electron chi connectivity index (χ2n) is 5.23. The molecule has 116 valence electrons. The summed E-state index contributed by atoms with van der Waals surface area (Å²) in [7, 11) is 4.63. The Morgan fingerprint density at radius 2 is 1.81 bits per heavy atom. The molecule has 21 heavy (non-hydrogen) atoms. The minimum Gasteiger partial charge on any atom is -0.493 e. The molecule has 2 rings (SSSR count). The van der Waals surface area contributed by atoms with Crippen molar-refractivity contribution in [3.05, 3.63) is 12.1 Å². The van der Waals surface area contributed by atoms with E-state index < -0.39 is 5.54 Å². The van der Waals surface area contributed by atoms with Crippen molar-refractivity contribution in [2.24, 2.45) is 0 Å². The lowest BCUT2D eigenvalue weighted by Gasteiger charge is -2.23. The Morgan fingerprint density at radius 3 is 2.24 bits per heavy atom. The van der Waals surface area contributed by atoms with Crippen molar-refractivity contribution in [3.8, 4) is 17.2 Å². The van der Waals surface area contributed by atoms with E-state index in [1.807, 2.05) is 6.92 Å². The second-order valence-corrected chi connectivity index (χ2v) is 5.23. The van der Waals surface area contributed by atoms with Gasteiger partial charge in [0.15, 0.2) is 11.5 Å². The van der Waals surface area contributed by atoms with Gasteiger partial charge >= 0.3 is 0 Å². The van der Waals surface area contributed by atoms with Crippen LogP contribution in [0.2, 0.25) is 0 Å². The van der Waals surface area contributed by atoms with Gasteiger partial charge in [0.25, 0.3) is 0 Å². The van der Waals surface area contributed by atoms with E-state index in [0.717, 1.165) is 19.4 Å². The van der Waals surface area contributed by atoms with Crippen LogP contribution in [-0.2, 0) is 4.79 Å². The summed E-state index contributed by atoms with van der Waals surface area (Å²) >= 11 is 0. The van der Waals surface area contributed by atoms with E-state index >= 15 is 0 Å². The lowest BCUT2D eigenvalue weighted by Crippen LogP contribution is -2.47. The lowest BCUT2D eigenvalue weighted by molar-refractivity contribution is -0.121. The Bertz CT molecular complexity index is 499. The summed E-state index contributed by atoms with van der Waals surface area (Å²) in [6.07, 6.45) is 1.82. The highest BCUT2D eigenvalue weighted by Gasteiger charge is 2.36. The van der Waals surface area contributed by atoms with Crippen LogP contribution in [0.4, 0.5) is 5.69 Å². The van der Waals surface area contributed by atoms with Gasteiger partial charge in [-0.05, 0) is 26.3 Å². The summed E-state index contributed by atoms with van der Waals surface area (Å²) in [6, 6.07) is 3.44. The SMILES string of the molecule is COc1cc(NC(=O)C2(C)CCCN2)cc(OC)c1OC. The summed E-state index contributed by atoms with van der Waals surface area (Å²) < 4.78 is 15.8. The Kier molecular flexibility index (Phi) is 4.57. The number of nitrogens with one attached hydrogen (secondary N) is 2. The van der Waals surface area contributed by atoms with E-state index in [4.69, 9.17) is 14.2 Å². The first-order chi connectivity index (χ1) is 10.0. The fourth-order valence-corrected chi connectivity index (χ4v) is 2.51. The number of carbonyl (C=O) groups excluding carboxylic acids is 1. The van der Waals surface area contributed by atoms with Crippen LogP contribution < -0.4 is 24.8 Å². The molecular formula is C15H22N2O4. The first-order valence-corrected chi connectivity index (χ1v) is 6.90. The largest absolute Gasteiger partial charge is 0.493 e. The van der Waals surface area contributed by atoms with Gasteiger partial charge < -0.3 is 24.8 Å². The summed E-state index contributed by atoms with van der Waals surface area (Å²) in [4.78, 5) is 12.4. The molecule has 0 bridgehead atoms. The van der Waals surface area contributed by atoms with Gasteiger partial charge in [-0.1, -0.05) is 0 Å². The van der Waals surface area contributed by atoms with E-state index in [2.05, 4.69) is 10.6 Å². The molecule has 1 aliphatic rings. The highest BCUT2D eigenvalue weighted by molar-refractivity contribution is 5.98. The van der Waals surface area contributed by atoms with E-state index in [1.165, 1.54) is 0 Å². The van der Waals surface area contributed by atoms with Gasteiger partial charge in [-0.15, -0.1) is 0 Å². The number of anilines is 1. The molecule has 1 saturated heterocycles. The fourth-order valence-electron chi connectivity index (χ4n) is 2.51. The zero-order valence-electron chi connectivity index (χ0n) is 12.9. The average Bonchev–Trinajstić information content (AvgIpc) is 2.94. The Morgan fingerprint density at radius 1 is 1.19 bits per heavy atom. The molecule has 2 N–H and O–H groups in total. The minimum atomic E-state index is -0.527. The highest BCUT2D eigenvalue weighted by atomic mass is 16.5. The molecule has 1 fully saturated rings. The average molecular weight is 294 g/mol. The number of amides is 1. The van der Waals surface area contributed by atoms with Gasteiger partial charge in [0.05, 0.1) is 26.9 Å². The molecule has 1 aromatic carbocycles. The minimum absolute atomic E-state index is 0.0609. The van der Waals surface area contributed by atoms with Crippen LogP contribution in [0.15, 0.2) is 12.1 Å². The van der Waals surface area contributed by atoms with Gasteiger partial charge in [-0.3, -0.25) is 4.79 Å². The first kappa shape index (κ1) is 15.4. The molecule has 0 aromatic heterocycles. The molecule has 0 saturated carbocycles. The Hall–Kier alpha value is -1.95. The zero-order valence-corrected chi connectivity index (χ0v) is 12.9. The van der Waals surface area contributed by atoms with Crippen molar-refractivity contribution < 1.29 is 19.0 Å². The molecule has 1 aromatic rings. The number of hydrogen-bond donors (Lipinski definition) is 2. The van der Waals surface area contributed by atoms with Crippen molar-refractivity contribution >= 4 is 11.6 Å². The molecule has 6 heteroatoms. The normalized spacial score (nSPS) is 21.0. The number of carbonyl (C=O) groups is 1. The van der Waals surface area contributed by atoms with Gasteiger partial charge in [0, 0.05) is 17.8 Å². The molecule has 1 unspecified atom stereocenters. The molecule has 0 spiro atoms. The molecule has 1 aliphatic heterocycles. The summed E-state index contributed by atoms with van der Waals surface area (Å²) in [5.41, 5.74) is 0.0878. The standard InChI is InChI=1S/C15H22N2O4/c1-15(6-5-7-16-15)14(18)17-10-8-11(19-2)13(21-4)12(9-10)20-3/h8-9,16H,5-7H2,1-4H3,(H,17,18). The van der Waals surface area contributed by atoms with Crippen molar-refractivity contribution in [1.29, 1.82) is 0 Å². The maximum Gasteiger partial charge on any atom is 0.244 e. The van der Waals surface area contributed by atoms with Crippen LogP contribution in [0.25, 0.3) is 0 Å². The fraction of sp³-hybridized carbons (Fsp3) is 0.533. The van der Waals surface area contributed by atoms with E-state index in [9.17, 15) is 4.79 Å². The number of methoxy groups -OCH3 is 3. The first-order valence-electron chi connectivity index (χ1n) is 6.90. The van der Waals surface area contributed by atoms with Crippen molar-refractivity contribution in [2.45, 2.75) is 25.3 Å².